The van der Waals surface area contributed by atoms with Gasteiger partial charge in [-0.05, 0) is 12.1 Å². The molecule has 0 aliphatic heterocycles. The predicted octanol–water partition coefficient (Wildman–Crippen LogP) is 1.49. The molecule has 2 rings (SSSR count). The lowest BCUT2D eigenvalue weighted by Gasteiger charge is -1.93. The summed E-state index contributed by atoms with van der Waals surface area (Å²) in [6.07, 6.45) is 1.68. The summed E-state index contributed by atoms with van der Waals surface area (Å²) in [7, 11) is 0. The normalized spacial score (nSPS) is 10.2. The Kier molecular flexibility index (Phi) is 1.73. The van der Waals surface area contributed by atoms with Crippen LogP contribution in [0.15, 0.2) is 24.4 Å². The molecule has 4 nitrogen and oxygen atoms in total. The molecule has 0 saturated carbocycles. The maximum atomic E-state index is 10.6. The van der Waals surface area contributed by atoms with Gasteiger partial charge in [-0.1, -0.05) is 0 Å². The summed E-state index contributed by atoms with van der Waals surface area (Å²) in [6, 6.07) is 5.46. The minimum absolute atomic E-state index is 0.341. The third-order valence-electron chi connectivity index (χ3n) is 1.62. The molecule has 0 bridgehead atoms. The molecule has 13 heavy (non-hydrogen) atoms. The van der Waals surface area contributed by atoms with Crippen molar-refractivity contribution in [2.24, 2.45) is 0 Å². The highest BCUT2D eigenvalue weighted by molar-refractivity contribution is 5.79. The van der Waals surface area contributed by atoms with Crippen molar-refractivity contribution in [1.82, 2.24) is 9.97 Å². The number of hydrogen-bond donors (Lipinski definition) is 1. The quantitative estimate of drug-likeness (QED) is 0.669. The summed E-state index contributed by atoms with van der Waals surface area (Å²) in [5, 5.41) is 0.929. The maximum absolute atomic E-state index is 10.6. The molecule has 66 valence electrons. The van der Waals surface area contributed by atoms with E-state index < -0.39 is 0 Å². The molecule has 0 fully saturated rings. The number of carbonyl (C=O) groups excluding carboxylic acids is 1. The molecule has 2 aromatic rings. The van der Waals surface area contributed by atoms with Gasteiger partial charge in [0, 0.05) is 24.6 Å². The summed E-state index contributed by atoms with van der Waals surface area (Å²) in [4.78, 5) is 17.6. The van der Waals surface area contributed by atoms with Crippen LogP contribution in [0.2, 0.25) is 0 Å². The Bertz CT molecular complexity index is 415. The largest absolute Gasteiger partial charge is 0.410 e. The first-order valence-corrected chi connectivity index (χ1v) is 3.88. The van der Waals surface area contributed by atoms with Gasteiger partial charge in [-0.25, -0.2) is 4.98 Å². The van der Waals surface area contributed by atoms with Gasteiger partial charge < -0.3 is 9.72 Å². The third-order valence-corrected chi connectivity index (χ3v) is 1.62. The number of carbonyl (C=O) groups is 1. The second kappa shape index (κ2) is 2.90. The van der Waals surface area contributed by atoms with Gasteiger partial charge in [0.05, 0.1) is 0 Å². The van der Waals surface area contributed by atoms with Gasteiger partial charge in [0.25, 0.3) is 0 Å². The number of aromatic amines is 1. The maximum Gasteiger partial charge on any atom is 0.309 e. The number of esters is 1. The summed E-state index contributed by atoms with van der Waals surface area (Å²) in [5.41, 5.74) is 0.721. The Labute approximate surface area is 74.5 Å². The molecule has 0 aliphatic rings. The molecule has 2 heterocycles. The first kappa shape index (κ1) is 7.79. The number of fused-ring (bicyclic) bond motifs is 1. The van der Waals surface area contributed by atoms with Crippen LogP contribution >= 0.6 is 0 Å². The Morgan fingerprint density at radius 1 is 1.62 bits per heavy atom. The number of pyridine rings is 1. The first-order chi connectivity index (χ1) is 6.25. The van der Waals surface area contributed by atoms with Crippen LogP contribution < -0.4 is 4.74 Å². The fraction of sp³-hybridized carbons (Fsp3) is 0.111. The SMILES string of the molecule is CC(=O)Oc1cc2cccnc2[nH]1. The van der Waals surface area contributed by atoms with Gasteiger partial charge in [-0.2, -0.15) is 0 Å². The molecule has 4 heteroatoms. The second-order valence-corrected chi connectivity index (χ2v) is 2.67. The molecule has 0 unspecified atom stereocenters. The molecule has 0 spiro atoms. The molecule has 1 N–H and O–H groups in total. The minimum Gasteiger partial charge on any atom is -0.410 e. The van der Waals surface area contributed by atoms with Gasteiger partial charge >= 0.3 is 5.97 Å². The Balaban J connectivity index is 2.44. The third kappa shape index (κ3) is 1.51. The molecule has 0 aromatic carbocycles. The summed E-state index contributed by atoms with van der Waals surface area (Å²) in [5.74, 6) is 0.0905. The predicted molar refractivity (Wildman–Crippen MR) is 47.4 cm³/mol. The van der Waals surface area contributed by atoms with Gasteiger partial charge in [0.1, 0.15) is 5.65 Å². The van der Waals surface area contributed by atoms with Crippen LogP contribution in [0.1, 0.15) is 6.92 Å². The van der Waals surface area contributed by atoms with Crippen molar-refractivity contribution in [2.45, 2.75) is 6.92 Å². The van der Waals surface area contributed by atoms with Crippen molar-refractivity contribution in [2.75, 3.05) is 0 Å². The fourth-order valence-electron chi connectivity index (χ4n) is 1.14. The van der Waals surface area contributed by atoms with Gasteiger partial charge in [0.2, 0.25) is 5.88 Å². The molecule has 0 radical (unpaired) electrons. The molecule has 0 saturated heterocycles. The fourth-order valence-corrected chi connectivity index (χ4v) is 1.14. The van der Waals surface area contributed by atoms with Crippen LogP contribution in [0.25, 0.3) is 11.0 Å². The van der Waals surface area contributed by atoms with Gasteiger partial charge in [-0.3, -0.25) is 4.79 Å². The molecule has 2 aromatic heterocycles. The van der Waals surface area contributed by atoms with E-state index in [9.17, 15) is 4.79 Å². The van der Waals surface area contributed by atoms with E-state index in [1.54, 1.807) is 12.3 Å². The number of rotatable bonds is 1. The van der Waals surface area contributed by atoms with E-state index in [2.05, 4.69) is 9.97 Å². The number of nitrogens with zero attached hydrogens (tertiary/aromatic N) is 1. The summed E-state index contributed by atoms with van der Waals surface area (Å²) >= 11 is 0. The monoisotopic (exact) mass is 176 g/mol. The van der Waals surface area contributed by atoms with Gasteiger partial charge in [-0.15, -0.1) is 0 Å². The van der Waals surface area contributed by atoms with Crippen molar-refractivity contribution in [1.29, 1.82) is 0 Å². The van der Waals surface area contributed by atoms with Crippen LogP contribution in [0.5, 0.6) is 5.88 Å². The highest BCUT2D eigenvalue weighted by atomic mass is 16.5. The number of ether oxygens (including phenoxy) is 1. The Morgan fingerprint density at radius 2 is 2.46 bits per heavy atom. The molecular formula is C9H8N2O2. The van der Waals surface area contributed by atoms with E-state index in [0.717, 1.165) is 11.0 Å². The van der Waals surface area contributed by atoms with Crippen LogP contribution in [0.4, 0.5) is 0 Å². The van der Waals surface area contributed by atoms with Crippen LogP contribution in [0, 0.1) is 0 Å². The average molecular weight is 176 g/mol. The minimum atomic E-state index is -0.341. The zero-order valence-electron chi connectivity index (χ0n) is 7.07. The highest BCUT2D eigenvalue weighted by Crippen LogP contribution is 2.17. The zero-order valence-corrected chi connectivity index (χ0v) is 7.07. The van der Waals surface area contributed by atoms with Crippen molar-refractivity contribution in [3.05, 3.63) is 24.4 Å². The summed E-state index contributed by atoms with van der Waals surface area (Å²) < 4.78 is 4.86. The highest BCUT2D eigenvalue weighted by Gasteiger charge is 2.02. The first-order valence-electron chi connectivity index (χ1n) is 3.88. The number of aromatic nitrogens is 2. The lowest BCUT2D eigenvalue weighted by molar-refractivity contribution is -0.132. The molecule has 0 aliphatic carbocycles. The van der Waals surface area contributed by atoms with E-state index in [0.29, 0.717) is 5.88 Å². The van der Waals surface area contributed by atoms with Crippen LogP contribution in [0.3, 0.4) is 0 Å². The Morgan fingerprint density at radius 3 is 3.15 bits per heavy atom. The topological polar surface area (TPSA) is 55.0 Å². The lowest BCUT2D eigenvalue weighted by Crippen LogP contribution is -2.00. The van der Waals surface area contributed by atoms with E-state index in [1.165, 1.54) is 6.92 Å². The van der Waals surface area contributed by atoms with E-state index in [1.807, 2.05) is 12.1 Å². The average Bonchev–Trinajstić information content (AvgIpc) is 2.44. The molecule has 0 amide bonds. The van der Waals surface area contributed by atoms with E-state index in [-0.39, 0.29) is 5.97 Å². The van der Waals surface area contributed by atoms with E-state index in [4.69, 9.17) is 4.74 Å². The number of H-pyrrole nitrogens is 1. The Hall–Kier alpha value is -1.84. The van der Waals surface area contributed by atoms with Crippen molar-refractivity contribution < 1.29 is 9.53 Å². The summed E-state index contributed by atoms with van der Waals surface area (Å²) in [6.45, 7) is 1.36. The smallest absolute Gasteiger partial charge is 0.309 e. The zero-order chi connectivity index (χ0) is 9.26. The van der Waals surface area contributed by atoms with E-state index >= 15 is 0 Å². The second-order valence-electron chi connectivity index (χ2n) is 2.67. The van der Waals surface area contributed by atoms with Crippen LogP contribution in [-0.4, -0.2) is 15.9 Å². The van der Waals surface area contributed by atoms with Crippen LogP contribution in [-0.2, 0) is 4.79 Å². The van der Waals surface area contributed by atoms with Crippen molar-refractivity contribution >= 4 is 17.0 Å². The molecule has 0 atom stereocenters. The van der Waals surface area contributed by atoms with Crippen molar-refractivity contribution in [3.8, 4) is 5.88 Å². The number of nitrogens with one attached hydrogen (secondary N) is 1. The standard InChI is InChI=1S/C9H8N2O2/c1-6(12)13-8-5-7-3-2-4-10-9(7)11-8/h2-5H,1H3,(H,10,11). The number of hydrogen-bond acceptors (Lipinski definition) is 3. The van der Waals surface area contributed by atoms with Gasteiger partial charge in [0.15, 0.2) is 0 Å². The lowest BCUT2D eigenvalue weighted by atomic mass is 10.3. The van der Waals surface area contributed by atoms with Crippen molar-refractivity contribution in [3.63, 3.8) is 0 Å². The molecular weight excluding hydrogens is 168 g/mol.